The van der Waals surface area contributed by atoms with Gasteiger partial charge in [-0.15, -0.1) is 0 Å². The fourth-order valence-corrected chi connectivity index (χ4v) is 2.11. The van der Waals surface area contributed by atoms with Crippen LogP contribution in [0.2, 0.25) is 0 Å². The average molecular weight is 263 g/mol. The Kier molecular flexibility index (Phi) is 3.33. The fraction of sp³-hybridized carbons (Fsp3) is 0.308. The topological polar surface area (TPSA) is 71.1 Å². The highest BCUT2D eigenvalue weighted by Crippen LogP contribution is 2.30. The van der Waals surface area contributed by atoms with Crippen molar-refractivity contribution in [3.05, 3.63) is 42.2 Å². The number of aromatic nitrogens is 1. The van der Waals surface area contributed by atoms with E-state index in [0.29, 0.717) is 12.0 Å². The van der Waals surface area contributed by atoms with E-state index in [1.54, 1.807) is 6.92 Å². The highest BCUT2D eigenvalue weighted by molar-refractivity contribution is 6.08. The molecule has 2 rings (SSSR count). The lowest BCUT2D eigenvalue weighted by molar-refractivity contribution is -0.145. The molecule has 2 amide bonds. The number of carbonyl (C=O) groups is 2. The molecule has 6 heteroatoms. The first-order valence-corrected chi connectivity index (χ1v) is 5.90. The number of hydrogen-bond acceptors (Lipinski definition) is 3. The van der Waals surface area contributed by atoms with Crippen LogP contribution >= 0.6 is 0 Å². The van der Waals surface area contributed by atoms with Gasteiger partial charge >= 0.3 is 0 Å². The molecule has 0 radical (unpaired) electrons. The molecule has 2 heterocycles. The molecule has 19 heavy (non-hydrogen) atoms. The molecule has 1 saturated heterocycles. The zero-order valence-corrected chi connectivity index (χ0v) is 10.5. The molecule has 0 saturated carbocycles. The number of amides is 2. The van der Waals surface area contributed by atoms with Crippen LogP contribution in [-0.4, -0.2) is 16.8 Å². The van der Waals surface area contributed by atoms with Gasteiger partial charge in [-0.2, -0.15) is 4.39 Å². The van der Waals surface area contributed by atoms with Crippen LogP contribution in [0.15, 0.2) is 30.7 Å². The second-order valence-corrected chi connectivity index (χ2v) is 4.49. The zero-order valence-electron chi connectivity index (χ0n) is 10.5. The lowest BCUT2D eigenvalue weighted by Gasteiger charge is -2.34. The average Bonchev–Trinajstić information content (AvgIpc) is 2.36. The largest absolute Gasteiger partial charge is 0.312 e. The Morgan fingerprint density at radius 1 is 1.32 bits per heavy atom. The van der Waals surface area contributed by atoms with Crippen molar-refractivity contribution in [1.82, 2.24) is 15.6 Å². The molecule has 1 aliphatic rings. The van der Waals surface area contributed by atoms with Gasteiger partial charge in [-0.3, -0.25) is 9.59 Å². The first-order valence-electron chi connectivity index (χ1n) is 5.90. The number of hydrogen-bond donors (Lipinski definition) is 2. The van der Waals surface area contributed by atoms with E-state index in [0.717, 1.165) is 0 Å². The first-order chi connectivity index (χ1) is 8.98. The van der Waals surface area contributed by atoms with Gasteiger partial charge in [0.15, 0.2) is 0 Å². The van der Waals surface area contributed by atoms with Crippen LogP contribution in [0.25, 0.3) is 0 Å². The van der Waals surface area contributed by atoms with Gasteiger partial charge in [0.25, 0.3) is 0 Å². The van der Waals surface area contributed by atoms with Crippen molar-refractivity contribution in [3.63, 3.8) is 0 Å². The third-order valence-electron chi connectivity index (χ3n) is 3.30. The van der Waals surface area contributed by atoms with Crippen molar-refractivity contribution >= 4 is 11.8 Å². The minimum atomic E-state index is -1.21. The minimum Gasteiger partial charge on any atom is -0.312 e. The van der Waals surface area contributed by atoms with Crippen LogP contribution in [0.5, 0.6) is 0 Å². The summed E-state index contributed by atoms with van der Waals surface area (Å²) >= 11 is 0. The molecule has 5 nitrogen and oxygen atoms in total. The van der Waals surface area contributed by atoms with Crippen molar-refractivity contribution in [1.29, 1.82) is 0 Å². The summed E-state index contributed by atoms with van der Waals surface area (Å²) in [7, 11) is 0. The Labute approximate surface area is 109 Å². The quantitative estimate of drug-likeness (QED) is 0.628. The molecule has 0 unspecified atom stereocenters. The number of rotatable bonds is 3. The van der Waals surface area contributed by atoms with Gasteiger partial charge in [0.1, 0.15) is 11.2 Å². The molecule has 0 aromatic carbocycles. The van der Waals surface area contributed by atoms with Gasteiger partial charge in [0.05, 0.1) is 0 Å². The van der Waals surface area contributed by atoms with E-state index < -0.39 is 23.2 Å². The number of nitrogens with zero attached hydrogens (tertiary/aromatic N) is 1. The normalized spacial score (nSPS) is 17.9. The van der Waals surface area contributed by atoms with E-state index in [9.17, 15) is 14.0 Å². The van der Waals surface area contributed by atoms with E-state index in [1.165, 1.54) is 18.3 Å². The van der Waals surface area contributed by atoms with Crippen molar-refractivity contribution in [2.24, 2.45) is 5.41 Å². The van der Waals surface area contributed by atoms with Crippen molar-refractivity contribution in [3.8, 4) is 0 Å². The maximum atomic E-state index is 12.8. The summed E-state index contributed by atoms with van der Waals surface area (Å²) in [5, 5.41) is 5.05. The monoisotopic (exact) mass is 263 g/mol. The van der Waals surface area contributed by atoms with Crippen molar-refractivity contribution in [2.75, 3.05) is 0 Å². The Bertz CT molecular complexity index is 519. The summed E-state index contributed by atoms with van der Waals surface area (Å²) in [5.74, 6) is -1.21. The molecule has 1 aromatic rings. The zero-order chi connectivity index (χ0) is 14.0. The van der Waals surface area contributed by atoms with Gasteiger partial charge in [-0.1, -0.05) is 19.6 Å². The van der Waals surface area contributed by atoms with Crippen LogP contribution < -0.4 is 10.6 Å². The Hall–Kier alpha value is -2.24. The van der Waals surface area contributed by atoms with Gasteiger partial charge in [0.2, 0.25) is 17.8 Å². The molecule has 0 aliphatic carbocycles. The smallest absolute Gasteiger partial charge is 0.241 e. The predicted octanol–water partition coefficient (Wildman–Crippen LogP) is 0.877. The molecular weight excluding hydrogens is 249 g/mol. The molecule has 1 aliphatic heterocycles. The molecule has 1 aromatic heterocycles. The van der Waals surface area contributed by atoms with E-state index in [-0.39, 0.29) is 12.2 Å². The van der Waals surface area contributed by atoms with Crippen LogP contribution in [0, 0.1) is 11.4 Å². The Morgan fingerprint density at radius 2 is 1.95 bits per heavy atom. The SMILES string of the molecule is C=C1NC(=O)C(CC)(Cc2ccc(F)nc2)C(=O)N1. The Morgan fingerprint density at radius 3 is 2.42 bits per heavy atom. The molecule has 100 valence electrons. The van der Waals surface area contributed by atoms with Gasteiger partial charge in [-0.25, -0.2) is 4.98 Å². The summed E-state index contributed by atoms with van der Waals surface area (Å²) < 4.78 is 12.8. The predicted molar refractivity (Wildman–Crippen MR) is 66.0 cm³/mol. The second-order valence-electron chi connectivity index (χ2n) is 4.49. The maximum Gasteiger partial charge on any atom is 0.241 e. The molecular formula is C13H14FN3O2. The summed E-state index contributed by atoms with van der Waals surface area (Å²) in [6.07, 6.45) is 1.83. The molecule has 0 bridgehead atoms. The summed E-state index contributed by atoms with van der Waals surface area (Å²) in [5.41, 5.74) is -0.582. The highest BCUT2D eigenvalue weighted by Gasteiger charge is 2.47. The van der Waals surface area contributed by atoms with Crippen molar-refractivity contribution < 1.29 is 14.0 Å². The summed E-state index contributed by atoms with van der Waals surface area (Å²) in [4.78, 5) is 27.8. The fourth-order valence-electron chi connectivity index (χ4n) is 2.11. The van der Waals surface area contributed by atoms with Crippen LogP contribution in [0.1, 0.15) is 18.9 Å². The van der Waals surface area contributed by atoms with Crippen LogP contribution in [0.3, 0.4) is 0 Å². The Balaban J connectivity index is 2.32. The number of halogens is 1. The molecule has 0 atom stereocenters. The lowest BCUT2D eigenvalue weighted by Crippen LogP contribution is -2.59. The summed E-state index contributed by atoms with van der Waals surface area (Å²) in [6, 6.07) is 2.72. The minimum absolute atomic E-state index is 0.168. The number of carbonyl (C=O) groups excluding carboxylic acids is 2. The number of pyridine rings is 1. The highest BCUT2D eigenvalue weighted by atomic mass is 19.1. The lowest BCUT2D eigenvalue weighted by atomic mass is 9.76. The van der Waals surface area contributed by atoms with Gasteiger partial charge in [0, 0.05) is 6.20 Å². The third-order valence-corrected chi connectivity index (χ3v) is 3.30. The van der Waals surface area contributed by atoms with E-state index in [1.807, 2.05) is 0 Å². The first kappa shape index (κ1) is 13.2. The van der Waals surface area contributed by atoms with Gasteiger partial charge in [-0.05, 0) is 24.5 Å². The van der Waals surface area contributed by atoms with E-state index in [4.69, 9.17) is 0 Å². The molecule has 1 fully saturated rings. The van der Waals surface area contributed by atoms with E-state index >= 15 is 0 Å². The molecule has 0 spiro atoms. The summed E-state index contributed by atoms with van der Waals surface area (Å²) in [6.45, 7) is 5.26. The van der Waals surface area contributed by atoms with Gasteiger partial charge < -0.3 is 10.6 Å². The van der Waals surface area contributed by atoms with E-state index in [2.05, 4.69) is 22.2 Å². The third kappa shape index (κ3) is 2.33. The second kappa shape index (κ2) is 4.79. The van der Waals surface area contributed by atoms with Crippen molar-refractivity contribution in [2.45, 2.75) is 19.8 Å². The number of nitrogens with one attached hydrogen (secondary N) is 2. The van der Waals surface area contributed by atoms with Crippen LogP contribution in [0.4, 0.5) is 4.39 Å². The maximum absolute atomic E-state index is 12.8. The van der Waals surface area contributed by atoms with Crippen LogP contribution in [-0.2, 0) is 16.0 Å². The standard InChI is InChI=1S/C13H14FN3O2/c1-3-13(6-9-4-5-10(14)15-7-9)11(18)16-8(2)17-12(13)19/h4-5,7H,2-3,6H2,1H3,(H,16,18)(H,17,19). The molecule has 2 N–H and O–H groups in total.